The highest BCUT2D eigenvalue weighted by atomic mass is 35.5. The molecule has 0 aliphatic heterocycles. The smallest absolute Gasteiger partial charge is 0.260 e. The Bertz CT molecular complexity index is 1160. The van der Waals surface area contributed by atoms with E-state index in [0.29, 0.717) is 27.5 Å². The van der Waals surface area contributed by atoms with Gasteiger partial charge in [-0.25, -0.2) is 9.97 Å². The fourth-order valence-corrected chi connectivity index (χ4v) is 5.36. The standard InChI is InChI=1S/C23H23ClN4OS2.ClH/c1-16(2)30-18-9-7-17(8-10-18)22(29)28(13-4-12-27-14-11-25-15-27)23-26-21-19(24)5-3-6-20(21)31-23;/h3,5-11,14-16H,4,12-13H2,1-2H3;1H. The first kappa shape index (κ1) is 24.6. The van der Waals surface area contributed by atoms with Crippen LogP contribution in [-0.2, 0) is 6.54 Å². The Morgan fingerprint density at radius 1 is 1.22 bits per heavy atom. The molecule has 0 N–H and O–H groups in total. The van der Waals surface area contributed by atoms with Gasteiger partial charge < -0.3 is 4.57 Å². The fraction of sp³-hybridized carbons (Fsp3) is 0.261. The molecular weight excluding hydrogens is 483 g/mol. The Morgan fingerprint density at radius 3 is 2.66 bits per heavy atom. The van der Waals surface area contributed by atoms with Crippen LogP contribution in [0.2, 0.25) is 5.02 Å². The average Bonchev–Trinajstić information content (AvgIpc) is 3.41. The zero-order valence-corrected chi connectivity index (χ0v) is 21.0. The number of carbonyl (C=O) groups is 1. The zero-order chi connectivity index (χ0) is 21.8. The lowest BCUT2D eigenvalue weighted by Crippen LogP contribution is -2.32. The van der Waals surface area contributed by atoms with E-state index in [1.165, 1.54) is 11.3 Å². The molecule has 0 saturated heterocycles. The van der Waals surface area contributed by atoms with Crippen LogP contribution in [-0.4, -0.2) is 32.2 Å². The molecule has 9 heteroatoms. The summed E-state index contributed by atoms with van der Waals surface area (Å²) in [6, 6.07) is 13.5. The SMILES string of the molecule is CC(C)Sc1ccc(C(=O)N(CCCn2ccnc2)c2nc3c(Cl)cccc3s2)cc1.Cl. The van der Waals surface area contributed by atoms with Gasteiger partial charge in [0.25, 0.3) is 5.91 Å². The number of nitrogens with zero attached hydrogens (tertiary/aromatic N) is 4. The molecule has 0 spiro atoms. The molecule has 0 saturated carbocycles. The number of thioether (sulfide) groups is 1. The van der Waals surface area contributed by atoms with Crippen LogP contribution in [0.25, 0.3) is 10.2 Å². The minimum absolute atomic E-state index is 0. The van der Waals surface area contributed by atoms with Gasteiger partial charge in [0.1, 0.15) is 5.52 Å². The Kier molecular flexibility index (Phi) is 8.59. The van der Waals surface area contributed by atoms with Crippen LogP contribution in [0.4, 0.5) is 5.13 Å². The first-order valence-corrected chi connectivity index (χ1v) is 12.2. The maximum Gasteiger partial charge on any atom is 0.260 e. The molecule has 4 aromatic rings. The average molecular weight is 508 g/mol. The van der Waals surface area contributed by atoms with Crippen LogP contribution in [0.5, 0.6) is 0 Å². The topological polar surface area (TPSA) is 51.0 Å². The molecule has 0 aliphatic rings. The lowest BCUT2D eigenvalue weighted by atomic mass is 10.2. The van der Waals surface area contributed by atoms with Crippen molar-refractivity contribution in [2.45, 2.75) is 37.0 Å². The van der Waals surface area contributed by atoms with Gasteiger partial charge in [0.05, 0.1) is 16.0 Å². The fourth-order valence-electron chi connectivity index (χ4n) is 3.24. The lowest BCUT2D eigenvalue weighted by molar-refractivity contribution is 0.0986. The highest BCUT2D eigenvalue weighted by Gasteiger charge is 2.22. The summed E-state index contributed by atoms with van der Waals surface area (Å²) < 4.78 is 2.98. The van der Waals surface area contributed by atoms with Crippen molar-refractivity contribution in [3.63, 3.8) is 0 Å². The zero-order valence-electron chi connectivity index (χ0n) is 17.8. The van der Waals surface area contributed by atoms with Crippen molar-refractivity contribution in [2.24, 2.45) is 0 Å². The molecular formula is C23H24Cl2N4OS2. The maximum atomic E-state index is 13.5. The Labute approximate surface area is 207 Å². The number of anilines is 1. The van der Waals surface area contributed by atoms with Gasteiger partial charge in [-0.05, 0) is 42.8 Å². The quantitative estimate of drug-likeness (QED) is 0.246. The van der Waals surface area contributed by atoms with E-state index in [1.807, 2.05) is 53.2 Å². The summed E-state index contributed by atoms with van der Waals surface area (Å²) in [6.45, 7) is 5.64. The second-order valence-electron chi connectivity index (χ2n) is 7.38. The van der Waals surface area contributed by atoms with Gasteiger partial charge in [0.2, 0.25) is 0 Å². The number of para-hydroxylation sites is 1. The largest absolute Gasteiger partial charge is 0.337 e. The molecule has 0 unspecified atom stereocenters. The van der Waals surface area contributed by atoms with Crippen LogP contribution in [0.3, 0.4) is 0 Å². The second-order valence-corrected chi connectivity index (χ2v) is 10.5. The molecule has 32 heavy (non-hydrogen) atoms. The summed E-state index contributed by atoms with van der Waals surface area (Å²) in [5.41, 5.74) is 1.39. The van der Waals surface area contributed by atoms with E-state index in [1.54, 1.807) is 29.2 Å². The van der Waals surface area contributed by atoms with Gasteiger partial charge in [0.15, 0.2) is 5.13 Å². The van der Waals surface area contributed by atoms with E-state index in [2.05, 4.69) is 18.8 Å². The number of aryl methyl sites for hydroxylation is 1. The van der Waals surface area contributed by atoms with Crippen LogP contribution in [0, 0.1) is 0 Å². The number of aromatic nitrogens is 3. The van der Waals surface area contributed by atoms with Crippen molar-refractivity contribution in [2.75, 3.05) is 11.4 Å². The van der Waals surface area contributed by atoms with Crippen LogP contribution < -0.4 is 4.90 Å². The van der Waals surface area contributed by atoms with Gasteiger partial charge in [-0.1, -0.05) is 42.9 Å². The van der Waals surface area contributed by atoms with E-state index >= 15 is 0 Å². The molecule has 2 aromatic carbocycles. The predicted molar refractivity (Wildman–Crippen MR) is 138 cm³/mol. The van der Waals surface area contributed by atoms with Crippen LogP contribution in [0.15, 0.2) is 66.1 Å². The number of imidazole rings is 1. The molecule has 4 rings (SSSR count). The number of carbonyl (C=O) groups excluding carboxylic acids is 1. The summed E-state index contributed by atoms with van der Waals surface area (Å²) in [5.74, 6) is -0.0538. The number of amides is 1. The predicted octanol–water partition coefficient (Wildman–Crippen LogP) is 6.81. The van der Waals surface area contributed by atoms with Crippen molar-refractivity contribution in [1.29, 1.82) is 0 Å². The lowest BCUT2D eigenvalue weighted by Gasteiger charge is -2.20. The van der Waals surface area contributed by atoms with Gasteiger partial charge in [-0.3, -0.25) is 9.69 Å². The molecule has 0 atom stereocenters. The van der Waals surface area contributed by atoms with E-state index in [0.717, 1.165) is 28.1 Å². The normalized spacial score (nSPS) is 11.0. The van der Waals surface area contributed by atoms with Crippen LogP contribution >= 0.6 is 47.1 Å². The van der Waals surface area contributed by atoms with Crippen molar-refractivity contribution >= 4 is 68.4 Å². The first-order chi connectivity index (χ1) is 15.0. The molecule has 0 aliphatic carbocycles. The van der Waals surface area contributed by atoms with Gasteiger partial charge in [0, 0.05) is 41.2 Å². The third-order valence-corrected chi connectivity index (χ3v) is 7.03. The summed E-state index contributed by atoms with van der Waals surface area (Å²) in [4.78, 5) is 25.2. The Hall–Kier alpha value is -2.06. The number of hydrogen-bond acceptors (Lipinski definition) is 5. The Morgan fingerprint density at radius 2 is 2.00 bits per heavy atom. The van der Waals surface area contributed by atoms with Crippen molar-refractivity contribution in [3.05, 3.63) is 71.8 Å². The molecule has 5 nitrogen and oxygen atoms in total. The number of benzene rings is 2. The maximum absolute atomic E-state index is 13.5. The minimum Gasteiger partial charge on any atom is -0.337 e. The third-order valence-electron chi connectivity index (χ3n) is 4.66. The summed E-state index contributed by atoms with van der Waals surface area (Å²) in [7, 11) is 0. The minimum atomic E-state index is -0.0538. The molecule has 168 valence electrons. The number of rotatable bonds is 8. The number of hydrogen-bond donors (Lipinski definition) is 0. The molecule has 1 amide bonds. The number of thiazole rings is 1. The van der Waals surface area contributed by atoms with E-state index in [-0.39, 0.29) is 18.3 Å². The molecule has 2 heterocycles. The summed E-state index contributed by atoms with van der Waals surface area (Å²) in [5, 5.41) is 1.76. The monoisotopic (exact) mass is 506 g/mol. The van der Waals surface area contributed by atoms with Gasteiger partial charge >= 0.3 is 0 Å². The van der Waals surface area contributed by atoms with E-state index in [9.17, 15) is 4.79 Å². The van der Waals surface area contributed by atoms with Crippen molar-refractivity contribution < 1.29 is 4.79 Å². The van der Waals surface area contributed by atoms with Crippen LogP contribution in [0.1, 0.15) is 30.6 Å². The Balaban J connectivity index is 0.00000289. The first-order valence-electron chi connectivity index (χ1n) is 10.1. The summed E-state index contributed by atoms with van der Waals surface area (Å²) in [6.07, 6.45) is 6.26. The van der Waals surface area contributed by atoms with Crippen molar-refractivity contribution in [3.8, 4) is 0 Å². The number of halogens is 2. The molecule has 2 aromatic heterocycles. The van der Waals surface area contributed by atoms with E-state index in [4.69, 9.17) is 16.6 Å². The van der Waals surface area contributed by atoms with Gasteiger partial charge in [-0.15, -0.1) is 24.2 Å². The molecule has 0 fully saturated rings. The van der Waals surface area contributed by atoms with E-state index < -0.39 is 0 Å². The highest BCUT2D eigenvalue weighted by Crippen LogP contribution is 2.33. The third kappa shape index (κ3) is 5.84. The molecule has 0 radical (unpaired) electrons. The van der Waals surface area contributed by atoms with Gasteiger partial charge in [-0.2, -0.15) is 0 Å². The second kappa shape index (κ2) is 11.2. The number of fused-ring (bicyclic) bond motifs is 1. The molecule has 0 bridgehead atoms. The highest BCUT2D eigenvalue weighted by molar-refractivity contribution is 7.99. The summed E-state index contributed by atoms with van der Waals surface area (Å²) >= 11 is 9.60. The van der Waals surface area contributed by atoms with Crippen molar-refractivity contribution in [1.82, 2.24) is 14.5 Å².